The van der Waals surface area contributed by atoms with Gasteiger partial charge in [0.15, 0.2) is 0 Å². The molecule has 1 aliphatic rings. The molecule has 0 radical (unpaired) electrons. The Labute approximate surface area is 91.9 Å². The summed E-state index contributed by atoms with van der Waals surface area (Å²) >= 11 is 0. The van der Waals surface area contributed by atoms with Crippen LogP contribution >= 0.6 is 0 Å². The first-order valence-corrected chi connectivity index (χ1v) is 5.89. The van der Waals surface area contributed by atoms with Gasteiger partial charge >= 0.3 is 0 Å². The molecule has 1 saturated carbocycles. The first kappa shape index (κ1) is 10.7. The number of aryl methyl sites for hydroxylation is 1. The van der Waals surface area contributed by atoms with Gasteiger partial charge in [-0.05, 0) is 32.6 Å². The van der Waals surface area contributed by atoms with E-state index in [0.717, 1.165) is 6.42 Å². The fourth-order valence-corrected chi connectivity index (χ4v) is 2.31. The van der Waals surface area contributed by atoms with Crippen molar-refractivity contribution in [2.24, 2.45) is 7.05 Å². The van der Waals surface area contributed by atoms with Crippen LogP contribution in [0, 0.1) is 0 Å². The van der Waals surface area contributed by atoms with Gasteiger partial charge in [-0.2, -0.15) is 5.10 Å². The molecule has 1 unspecified atom stereocenters. The maximum Gasteiger partial charge on any atom is 0.0537 e. The molecule has 1 fully saturated rings. The molecule has 1 heterocycles. The Hall–Kier alpha value is -0.830. The number of nitrogens with zero attached hydrogens (tertiary/aromatic N) is 2. The minimum absolute atomic E-state index is 0.372. The molecule has 1 N–H and O–H groups in total. The van der Waals surface area contributed by atoms with E-state index < -0.39 is 0 Å². The van der Waals surface area contributed by atoms with Crippen LogP contribution in [0.2, 0.25) is 0 Å². The van der Waals surface area contributed by atoms with Crippen LogP contribution in [0.5, 0.6) is 0 Å². The van der Waals surface area contributed by atoms with Gasteiger partial charge in [0.25, 0.3) is 0 Å². The third-order valence-electron chi connectivity index (χ3n) is 3.52. The molecule has 1 atom stereocenters. The predicted molar refractivity (Wildman–Crippen MR) is 61.6 cm³/mol. The third kappa shape index (κ3) is 2.23. The van der Waals surface area contributed by atoms with Gasteiger partial charge in [-0.25, -0.2) is 0 Å². The molecule has 0 amide bonds. The first-order valence-electron chi connectivity index (χ1n) is 5.89. The summed E-state index contributed by atoms with van der Waals surface area (Å²) in [6.07, 6.45) is 9.20. The van der Waals surface area contributed by atoms with Crippen molar-refractivity contribution in [2.75, 3.05) is 0 Å². The average molecular weight is 207 g/mol. The zero-order chi connectivity index (χ0) is 10.9. The average Bonchev–Trinajstić information content (AvgIpc) is 2.58. The molecular formula is C12H21N3. The Balaban J connectivity index is 2.04. The van der Waals surface area contributed by atoms with Gasteiger partial charge < -0.3 is 5.32 Å². The van der Waals surface area contributed by atoms with Gasteiger partial charge in [0.05, 0.1) is 6.20 Å². The quantitative estimate of drug-likeness (QED) is 0.821. The van der Waals surface area contributed by atoms with Crippen LogP contribution in [0.4, 0.5) is 0 Å². The summed E-state index contributed by atoms with van der Waals surface area (Å²) in [5.41, 5.74) is 1.68. The fourth-order valence-electron chi connectivity index (χ4n) is 2.31. The Bertz CT molecular complexity index is 325. The minimum Gasteiger partial charge on any atom is -0.305 e. The molecule has 0 saturated heterocycles. The van der Waals surface area contributed by atoms with Crippen LogP contribution in [0.1, 0.15) is 51.1 Å². The zero-order valence-electron chi connectivity index (χ0n) is 9.95. The van der Waals surface area contributed by atoms with Crippen molar-refractivity contribution < 1.29 is 0 Å². The van der Waals surface area contributed by atoms with Gasteiger partial charge in [0.2, 0.25) is 0 Å². The van der Waals surface area contributed by atoms with Gasteiger partial charge in [0.1, 0.15) is 0 Å². The summed E-state index contributed by atoms with van der Waals surface area (Å²) in [7, 11) is 1.97. The van der Waals surface area contributed by atoms with Crippen molar-refractivity contribution in [3.05, 3.63) is 18.0 Å². The van der Waals surface area contributed by atoms with Crippen molar-refractivity contribution >= 4 is 0 Å². The Morgan fingerprint density at radius 3 is 2.73 bits per heavy atom. The standard InChI is InChI=1S/C12H21N3/c1-4-11(10-8-13-15(3)9-10)14-12(2)6-5-7-12/h8-9,11,14H,4-7H2,1-3H3. The van der Waals surface area contributed by atoms with Crippen LogP contribution in [0.25, 0.3) is 0 Å². The predicted octanol–water partition coefficient (Wildman–Crippen LogP) is 2.40. The van der Waals surface area contributed by atoms with E-state index in [1.54, 1.807) is 0 Å². The highest BCUT2D eigenvalue weighted by Gasteiger charge is 2.33. The summed E-state index contributed by atoms with van der Waals surface area (Å²) < 4.78 is 1.88. The lowest BCUT2D eigenvalue weighted by atomic mass is 9.77. The van der Waals surface area contributed by atoms with E-state index in [1.807, 2.05) is 17.9 Å². The van der Waals surface area contributed by atoms with Crippen molar-refractivity contribution in [2.45, 2.75) is 51.1 Å². The smallest absolute Gasteiger partial charge is 0.0537 e. The van der Waals surface area contributed by atoms with Crippen LogP contribution in [-0.4, -0.2) is 15.3 Å². The Morgan fingerprint density at radius 1 is 1.60 bits per heavy atom. The van der Waals surface area contributed by atoms with Crippen molar-refractivity contribution in [3.8, 4) is 0 Å². The summed E-state index contributed by atoms with van der Waals surface area (Å²) in [6, 6.07) is 0.462. The number of hydrogen-bond donors (Lipinski definition) is 1. The van der Waals surface area contributed by atoms with Crippen LogP contribution in [0.3, 0.4) is 0 Å². The van der Waals surface area contributed by atoms with Crippen molar-refractivity contribution in [1.29, 1.82) is 0 Å². The summed E-state index contributed by atoms with van der Waals surface area (Å²) in [5, 5.41) is 7.99. The molecule has 0 spiro atoms. The maximum atomic E-state index is 4.24. The molecule has 0 aromatic carbocycles. The van der Waals surface area contributed by atoms with Crippen LogP contribution in [-0.2, 0) is 7.05 Å². The lowest BCUT2D eigenvalue weighted by Gasteiger charge is -2.42. The van der Waals surface area contributed by atoms with E-state index in [2.05, 4.69) is 30.5 Å². The van der Waals surface area contributed by atoms with Gasteiger partial charge in [-0.3, -0.25) is 4.68 Å². The number of rotatable bonds is 4. The minimum atomic E-state index is 0.372. The summed E-state index contributed by atoms with van der Waals surface area (Å²) in [6.45, 7) is 4.56. The SMILES string of the molecule is CCC(NC1(C)CCC1)c1cnn(C)c1. The highest BCUT2D eigenvalue weighted by molar-refractivity contribution is 5.12. The lowest BCUT2D eigenvalue weighted by molar-refractivity contribution is 0.183. The Kier molecular flexibility index (Phi) is 2.83. The molecule has 84 valence electrons. The molecular weight excluding hydrogens is 186 g/mol. The second-order valence-corrected chi connectivity index (χ2v) is 4.97. The second kappa shape index (κ2) is 3.97. The lowest BCUT2D eigenvalue weighted by Crippen LogP contribution is -2.49. The molecule has 15 heavy (non-hydrogen) atoms. The number of aromatic nitrogens is 2. The van der Waals surface area contributed by atoms with Crippen molar-refractivity contribution in [1.82, 2.24) is 15.1 Å². The molecule has 0 aliphatic heterocycles. The van der Waals surface area contributed by atoms with E-state index in [-0.39, 0.29) is 0 Å². The summed E-state index contributed by atoms with van der Waals surface area (Å²) in [4.78, 5) is 0. The number of hydrogen-bond acceptors (Lipinski definition) is 2. The largest absolute Gasteiger partial charge is 0.305 e. The van der Waals surface area contributed by atoms with Gasteiger partial charge in [-0.1, -0.05) is 6.92 Å². The van der Waals surface area contributed by atoms with E-state index in [1.165, 1.54) is 24.8 Å². The van der Waals surface area contributed by atoms with E-state index in [0.29, 0.717) is 11.6 Å². The van der Waals surface area contributed by atoms with Crippen molar-refractivity contribution in [3.63, 3.8) is 0 Å². The van der Waals surface area contributed by atoms with E-state index >= 15 is 0 Å². The third-order valence-corrected chi connectivity index (χ3v) is 3.52. The molecule has 1 aliphatic carbocycles. The molecule has 0 bridgehead atoms. The normalized spacial score (nSPS) is 21.0. The summed E-state index contributed by atoms with van der Waals surface area (Å²) in [5.74, 6) is 0. The molecule has 1 aromatic heterocycles. The van der Waals surface area contributed by atoms with Gasteiger partial charge in [0, 0.05) is 30.4 Å². The topological polar surface area (TPSA) is 29.9 Å². The van der Waals surface area contributed by atoms with E-state index in [9.17, 15) is 0 Å². The molecule has 1 aromatic rings. The molecule has 3 heteroatoms. The highest BCUT2D eigenvalue weighted by Crippen LogP contribution is 2.34. The fraction of sp³-hybridized carbons (Fsp3) is 0.750. The van der Waals surface area contributed by atoms with Crippen LogP contribution in [0.15, 0.2) is 12.4 Å². The molecule has 2 rings (SSSR count). The van der Waals surface area contributed by atoms with E-state index in [4.69, 9.17) is 0 Å². The monoisotopic (exact) mass is 207 g/mol. The first-order chi connectivity index (χ1) is 7.13. The maximum absolute atomic E-state index is 4.24. The zero-order valence-corrected chi connectivity index (χ0v) is 9.95. The molecule has 3 nitrogen and oxygen atoms in total. The van der Waals surface area contributed by atoms with Gasteiger partial charge in [-0.15, -0.1) is 0 Å². The second-order valence-electron chi connectivity index (χ2n) is 4.97. The van der Waals surface area contributed by atoms with Crippen LogP contribution < -0.4 is 5.32 Å². The highest BCUT2D eigenvalue weighted by atomic mass is 15.2. The number of nitrogens with one attached hydrogen (secondary N) is 1. The Morgan fingerprint density at radius 2 is 2.33 bits per heavy atom.